The summed E-state index contributed by atoms with van der Waals surface area (Å²) >= 11 is 0. The molecule has 1 rings (SSSR count). The Labute approximate surface area is 109 Å². The molecule has 0 unspecified atom stereocenters. The zero-order valence-electron chi connectivity index (χ0n) is 10.8. The normalized spacial score (nSPS) is 30.3. The van der Waals surface area contributed by atoms with Gasteiger partial charge in [0.1, 0.15) is 0 Å². The van der Waals surface area contributed by atoms with Crippen LogP contribution in [0.15, 0.2) is 0 Å². The van der Waals surface area contributed by atoms with Crippen molar-refractivity contribution in [2.75, 3.05) is 6.61 Å². The topological polar surface area (TPSA) is 108 Å². The van der Waals surface area contributed by atoms with Crippen LogP contribution in [-0.2, 0) is 33.3 Å². The molecule has 1 fully saturated rings. The van der Waals surface area contributed by atoms with Gasteiger partial charge >= 0.3 is 17.9 Å². The molecule has 1 aliphatic rings. The molecular formula is C11H16O8. The van der Waals surface area contributed by atoms with Gasteiger partial charge in [-0.1, -0.05) is 0 Å². The van der Waals surface area contributed by atoms with Crippen molar-refractivity contribution >= 4 is 17.9 Å². The molecular weight excluding hydrogens is 260 g/mol. The highest BCUT2D eigenvalue weighted by Gasteiger charge is 2.45. The van der Waals surface area contributed by atoms with Crippen molar-refractivity contribution < 1.29 is 38.4 Å². The smallest absolute Gasteiger partial charge is 0.305 e. The van der Waals surface area contributed by atoms with Gasteiger partial charge in [-0.15, -0.1) is 0 Å². The lowest BCUT2D eigenvalue weighted by molar-refractivity contribution is -0.269. The van der Waals surface area contributed by atoms with Gasteiger partial charge in [0.25, 0.3) is 0 Å². The highest BCUT2D eigenvalue weighted by atomic mass is 16.7. The van der Waals surface area contributed by atoms with Crippen LogP contribution in [0.3, 0.4) is 0 Å². The van der Waals surface area contributed by atoms with Crippen molar-refractivity contribution in [2.24, 2.45) is 0 Å². The highest BCUT2D eigenvalue weighted by molar-refractivity contribution is 5.67. The summed E-state index contributed by atoms with van der Waals surface area (Å²) in [5.41, 5.74) is 0. The summed E-state index contributed by atoms with van der Waals surface area (Å²) in [5, 5.41) is 9.94. The van der Waals surface area contributed by atoms with Gasteiger partial charge in [-0.3, -0.25) is 14.4 Å². The lowest BCUT2D eigenvalue weighted by Crippen LogP contribution is -2.56. The van der Waals surface area contributed by atoms with Crippen LogP contribution in [0.5, 0.6) is 0 Å². The average Bonchev–Trinajstić information content (AvgIpc) is 2.26. The second-order valence-electron chi connectivity index (χ2n) is 4.02. The van der Waals surface area contributed by atoms with E-state index in [1.54, 1.807) is 0 Å². The Hall–Kier alpha value is -1.67. The summed E-state index contributed by atoms with van der Waals surface area (Å²) in [6, 6.07) is 0. The van der Waals surface area contributed by atoms with E-state index in [0.29, 0.717) is 0 Å². The Morgan fingerprint density at radius 3 is 2.00 bits per heavy atom. The number of aliphatic hydroxyl groups is 1. The first kappa shape index (κ1) is 15.4. The SMILES string of the molecule is CC(=O)O[C@H]1OC[C@H](OC(C)=O)[C@H](OC(C)=O)[C@H]1O. The number of rotatable bonds is 3. The van der Waals surface area contributed by atoms with Crippen LogP contribution in [0.1, 0.15) is 20.8 Å². The van der Waals surface area contributed by atoms with E-state index in [-0.39, 0.29) is 6.61 Å². The molecule has 8 heteroatoms. The van der Waals surface area contributed by atoms with E-state index in [2.05, 4.69) is 0 Å². The largest absolute Gasteiger partial charge is 0.456 e. The van der Waals surface area contributed by atoms with Crippen LogP contribution in [0, 0.1) is 0 Å². The molecule has 0 aromatic rings. The van der Waals surface area contributed by atoms with E-state index in [9.17, 15) is 19.5 Å². The fourth-order valence-electron chi connectivity index (χ4n) is 1.68. The molecule has 108 valence electrons. The zero-order valence-corrected chi connectivity index (χ0v) is 10.8. The summed E-state index contributed by atoms with van der Waals surface area (Å²) in [7, 11) is 0. The summed E-state index contributed by atoms with van der Waals surface area (Å²) in [5.74, 6) is -1.93. The highest BCUT2D eigenvalue weighted by Crippen LogP contribution is 2.22. The monoisotopic (exact) mass is 276 g/mol. The molecule has 0 saturated carbocycles. The molecule has 1 aliphatic heterocycles. The van der Waals surface area contributed by atoms with Crippen LogP contribution >= 0.6 is 0 Å². The first-order chi connectivity index (χ1) is 8.81. The van der Waals surface area contributed by atoms with Gasteiger partial charge in [-0.25, -0.2) is 0 Å². The molecule has 0 spiro atoms. The van der Waals surface area contributed by atoms with Gasteiger partial charge in [0.05, 0.1) is 6.61 Å². The van der Waals surface area contributed by atoms with Crippen LogP contribution in [0.4, 0.5) is 0 Å². The summed E-state index contributed by atoms with van der Waals surface area (Å²) in [6.07, 6.45) is -4.82. The van der Waals surface area contributed by atoms with Gasteiger partial charge in [0.2, 0.25) is 6.29 Å². The van der Waals surface area contributed by atoms with Gasteiger partial charge in [0, 0.05) is 20.8 Å². The Morgan fingerprint density at radius 2 is 1.53 bits per heavy atom. The molecule has 0 amide bonds. The van der Waals surface area contributed by atoms with E-state index in [4.69, 9.17) is 18.9 Å². The molecule has 0 aromatic heterocycles. The van der Waals surface area contributed by atoms with E-state index in [0.717, 1.165) is 13.8 Å². The molecule has 19 heavy (non-hydrogen) atoms. The molecule has 0 bridgehead atoms. The number of esters is 3. The van der Waals surface area contributed by atoms with E-state index in [1.165, 1.54) is 6.92 Å². The number of carbonyl (C=O) groups excluding carboxylic acids is 3. The quantitative estimate of drug-likeness (QED) is 0.523. The molecule has 1 saturated heterocycles. The fourth-order valence-corrected chi connectivity index (χ4v) is 1.68. The molecule has 1 heterocycles. The number of hydrogen-bond acceptors (Lipinski definition) is 8. The average molecular weight is 276 g/mol. The molecule has 0 radical (unpaired) electrons. The maximum atomic E-state index is 11.0. The number of aliphatic hydroxyl groups excluding tert-OH is 1. The van der Waals surface area contributed by atoms with Crippen molar-refractivity contribution in [1.82, 2.24) is 0 Å². The minimum Gasteiger partial charge on any atom is -0.456 e. The van der Waals surface area contributed by atoms with Crippen molar-refractivity contribution in [2.45, 2.75) is 45.4 Å². The Balaban J connectivity index is 2.79. The predicted molar refractivity (Wildman–Crippen MR) is 58.6 cm³/mol. The minimum absolute atomic E-state index is 0.160. The standard InChI is InChI=1S/C11H16O8/c1-5(12)17-8-4-16-11(19-7(3)14)9(15)10(8)18-6(2)13/h8-11,15H,4H2,1-3H3/t8-,9+,10-,11+/m0/s1. The number of ether oxygens (including phenoxy) is 4. The first-order valence-corrected chi connectivity index (χ1v) is 5.62. The second kappa shape index (κ2) is 6.48. The van der Waals surface area contributed by atoms with Crippen molar-refractivity contribution in [3.8, 4) is 0 Å². The molecule has 1 N–H and O–H groups in total. The van der Waals surface area contributed by atoms with Crippen LogP contribution < -0.4 is 0 Å². The third kappa shape index (κ3) is 4.49. The molecule has 4 atom stereocenters. The van der Waals surface area contributed by atoms with Gasteiger partial charge < -0.3 is 24.1 Å². The van der Waals surface area contributed by atoms with E-state index >= 15 is 0 Å². The maximum Gasteiger partial charge on any atom is 0.305 e. The summed E-state index contributed by atoms with van der Waals surface area (Å²) in [4.78, 5) is 32.8. The second-order valence-corrected chi connectivity index (χ2v) is 4.02. The molecule has 0 aliphatic carbocycles. The molecule has 0 aromatic carbocycles. The van der Waals surface area contributed by atoms with Crippen molar-refractivity contribution in [1.29, 1.82) is 0 Å². The third-order valence-corrected chi connectivity index (χ3v) is 2.31. The first-order valence-electron chi connectivity index (χ1n) is 5.62. The predicted octanol–water partition coefficient (Wildman–Crippen LogP) is -0.870. The Bertz CT molecular complexity index is 366. The van der Waals surface area contributed by atoms with Crippen LogP contribution in [-0.4, -0.2) is 54.2 Å². The summed E-state index contributed by atoms with van der Waals surface area (Å²) < 4.78 is 19.6. The van der Waals surface area contributed by atoms with Gasteiger partial charge in [0.15, 0.2) is 18.3 Å². The molecule has 8 nitrogen and oxygen atoms in total. The number of hydrogen-bond donors (Lipinski definition) is 1. The third-order valence-electron chi connectivity index (χ3n) is 2.31. The van der Waals surface area contributed by atoms with E-state index < -0.39 is 42.5 Å². The van der Waals surface area contributed by atoms with Crippen LogP contribution in [0.2, 0.25) is 0 Å². The van der Waals surface area contributed by atoms with Gasteiger partial charge in [-0.05, 0) is 0 Å². The van der Waals surface area contributed by atoms with Crippen LogP contribution in [0.25, 0.3) is 0 Å². The lowest BCUT2D eigenvalue weighted by Gasteiger charge is -2.37. The Morgan fingerprint density at radius 1 is 1.00 bits per heavy atom. The maximum absolute atomic E-state index is 11.0. The number of carbonyl (C=O) groups is 3. The van der Waals surface area contributed by atoms with Crippen molar-refractivity contribution in [3.63, 3.8) is 0 Å². The fraction of sp³-hybridized carbons (Fsp3) is 0.727. The van der Waals surface area contributed by atoms with Gasteiger partial charge in [-0.2, -0.15) is 0 Å². The Kier molecular flexibility index (Phi) is 5.25. The van der Waals surface area contributed by atoms with E-state index in [1.807, 2.05) is 0 Å². The lowest BCUT2D eigenvalue weighted by atomic mass is 10.0. The minimum atomic E-state index is -1.44. The van der Waals surface area contributed by atoms with Crippen molar-refractivity contribution in [3.05, 3.63) is 0 Å². The summed E-state index contributed by atoms with van der Waals surface area (Å²) in [6.45, 7) is 3.31. The zero-order chi connectivity index (χ0) is 14.6.